The van der Waals surface area contributed by atoms with Crippen molar-refractivity contribution < 1.29 is 24.5 Å². The van der Waals surface area contributed by atoms with E-state index in [1.165, 1.54) is 17.0 Å². The molecule has 1 aliphatic heterocycles. The average Bonchev–Trinajstić information content (AvgIpc) is 2.98. The number of hydrogen-bond acceptors (Lipinski definition) is 6. The molecule has 7 heteroatoms. The summed E-state index contributed by atoms with van der Waals surface area (Å²) < 4.78 is 5.55. The van der Waals surface area contributed by atoms with E-state index < -0.39 is 17.7 Å². The van der Waals surface area contributed by atoms with Crippen LogP contribution in [0, 0.1) is 6.92 Å². The summed E-state index contributed by atoms with van der Waals surface area (Å²) in [6.07, 6.45) is 0. The Morgan fingerprint density at radius 1 is 1.16 bits per heavy atom. The summed E-state index contributed by atoms with van der Waals surface area (Å²) in [5.41, 5.74) is 1.80. The number of phenols is 1. The Kier molecular flexibility index (Phi) is 6.65. The summed E-state index contributed by atoms with van der Waals surface area (Å²) in [5.74, 6) is -0.941. The minimum Gasteiger partial charge on any atom is -0.508 e. The van der Waals surface area contributed by atoms with Gasteiger partial charge in [-0.15, -0.1) is 0 Å². The highest BCUT2D eigenvalue weighted by atomic mass is 16.5. The molecular formula is C24H28N2O5. The predicted molar refractivity (Wildman–Crippen MR) is 118 cm³/mol. The van der Waals surface area contributed by atoms with Crippen LogP contribution in [0.3, 0.4) is 0 Å². The number of hydrogen-bond donors (Lipinski definition) is 2. The second kappa shape index (κ2) is 9.22. The van der Waals surface area contributed by atoms with Gasteiger partial charge in [0.05, 0.1) is 18.2 Å². The van der Waals surface area contributed by atoms with Crippen molar-refractivity contribution in [1.29, 1.82) is 0 Å². The Bertz CT molecular complexity index is 1030. The first kappa shape index (κ1) is 22.4. The molecule has 2 N–H and O–H groups in total. The Balaban J connectivity index is 2.13. The van der Waals surface area contributed by atoms with E-state index in [2.05, 4.69) is 0 Å². The van der Waals surface area contributed by atoms with E-state index in [0.717, 1.165) is 5.56 Å². The summed E-state index contributed by atoms with van der Waals surface area (Å²) in [7, 11) is 3.76. The van der Waals surface area contributed by atoms with Crippen LogP contribution < -0.4 is 4.74 Å². The van der Waals surface area contributed by atoms with Gasteiger partial charge in [0, 0.05) is 18.7 Å². The monoisotopic (exact) mass is 424 g/mol. The van der Waals surface area contributed by atoms with Crippen LogP contribution in [0.2, 0.25) is 0 Å². The molecule has 1 fully saturated rings. The highest BCUT2D eigenvalue weighted by molar-refractivity contribution is 6.46. The van der Waals surface area contributed by atoms with Gasteiger partial charge in [0.2, 0.25) is 0 Å². The van der Waals surface area contributed by atoms with Gasteiger partial charge in [-0.25, -0.2) is 0 Å². The molecule has 0 spiro atoms. The molecule has 1 heterocycles. The van der Waals surface area contributed by atoms with Crippen molar-refractivity contribution in [3.05, 3.63) is 64.7 Å². The molecule has 31 heavy (non-hydrogen) atoms. The smallest absolute Gasteiger partial charge is 0.295 e. The van der Waals surface area contributed by atoms with Crippen LogP contribution in [0.1, 0.15) is 29.7 Å². The van der Waals surface area contributed by atoms with E-state index >= 15 is 0 Å². The van der Waals surface area contributed by atoms with Crippen molar-refractivity contribution >= 4 is 17.4 Å². The lowest BCUT2D eigenvalue weighted by molar-refractivity contribution is -0.140. The zero-order valence-electron chi connectivity index (χ0n) is 18.3. The van der Waals surface area contributed by atoms with Gasteiger partial charge in [-0.3, -0.25) is 9.59 Å². The molecular weight excluding hydrogens is 396 g/mol. The van der Waals surface area contributed by atoms with Crippen molar-refractivity contribution in [3.63, 3.8) is 0 Å². The van der Waals surface area contributed by atoms with Gasteiger partial charge in [-0.1, -0.05) is 12.1 Å². The molecule has 0 radical (unpaired) electrons. The molecule has 1 aliphatic rings. The number of aliphatic hydroxyl groups is 1. The number of phenolic OH excluding ortho intramolecular Hbond substituents is 1. The summed E-state index contributed by atoms with van der Waals surface area (Å²) >= 11 is 0. The largest absolute Gasteiger partial charge is 0.508 e. The first-order valence-corrected chi connectivity index (χ1v) is 10.2. The Morgan fingerprint density at radius 2 is 1.90 bits per heavy atom. The first-order chi connectivity index (χ1) is 14.7. The molecule has 0 saturated carbocycles. The zero-order valence-corrected chi connectivity index (χ0v) is 18.3. The molecule has 1 unspecified atom stereocenters. The number of nitrogens with zero attached hydrogens (tertiary/aromatic N) is 2. The number of carbonyl (C=O) groups is 2. The highest BCUT2D eigenvalue weighted by Gasteiger charge is 2.46. The minimum absolute atomic E-state index is 0.0120. The van der Waals surface area contributed by atoms with Gasteiger partial charge in [-0.05, 0) is 69.4 Å². The van der Waals surface area contributed by atoms with E-state index in [4.69, 9.17) is 4.74 Å². The number of aliphatic hydroxyl groups excluding tert-OH is 1. The molecule has 2 aromatic rings. The number of Topliss-reactive ketones (excluding diaryl/α,β-unsaturated/α-hetero) is 1. The molecule has 0 aliphatic carbocycles. The fourth-order valence-electron chi connectivity index (χ4n) is 3.73. The first-order valence-electron chi connectivity index (χ1n) is 10.2. The van der Waals surface area contributed by atoms with Crippen LogP contribution in [-0.2, 0) is 9.59 Å². The van der Waals surface area contributed by atoms with E-state index in [9.17, 15) is 19.8 Å². The van der Waals surface area contributed by atoms with E-state index in [-0.39, 0.29) is 17.1 Å². The molecule has 2 aromatic carbocycles. The summed E-state index contributed by atoms with van der Waals surface area (Å²) in [6.45, 7) is 5.10. The lowest BCUT2D eigenvalue weighted by Gasteiger charge is -2.26. The number of amides is 1. The molecule has 7 nitrogen and oxygen atoms in total. The van der Waals surface area contributed by atoms with Crippen molar-refractivity contribution in [1.82, 2.24) is 9.80 Å². The predicted octanol–water partition coefficient (Wildman–Crippen LogP) is 3.08. The maximum absolute atomic E-state index is 13.0. The number of ether oxygens (including phenoxy) is 1. The third-order valence-electron chi connectivity index (χ3n) is 5.26. The van der Waals surface area contributed by atoms with Crippen LogP contribution in [0.25, 0.3) is 5.76 Å². The van der Waals surface area contributed by atoms with Crippen LogP contribution >= 0.6 is 0 Å². The van der Waals surface area contributed by atoms with E-state index in [1.807, 2.05) is 32.8 Å². The van der Waals surface area contributed by atoms with Crippen LogP contribution in [0.15, 0.2) is 48.0 Å². The molecule has 0 aromatic heterocycles. The minimum atomic E-state index is -0.793. The number of aryl methyl sites for hydroxylation is 1. The van der Waals surface area contributed by atoms with Gasteiger partial charge in [0.25, 0.3) is 11.7 Å². The van der Waals surface area contributed by atoms with Crippen molar-refractivity contribution in [2.24, 2.45) is 0 Å². The van der Waals surface area contributed by atoms with Crippen molar-refractivity contribution in [3.8, 4) is 11.5 Å². The van der Waals surface area contributed by atoms with Crippen LogP contribution in [-0.4, -0.2) is 65.5 Å². The van der Waals surface area contributed by atoms with Gasteiger partial charge in [0.15, 0.2) is 0 Å². The Labute approximate surface area is 182 Å². The zero-order chi connectivity index (χ0) is 22.7. The number of carbonyl (C=O) groups excluding carboxylic acids is 2. The average molecular weight is 424 g/mol. The number of aromatic hydroxyl groups is 1. The van der Waals surface area contributed by atoms with Crippen molar-refractivity contribution in [2.75, 3.05) is 33.8 Å². The number of likely N-dealkylation sites (tertiary alicyclic amines) is 1. The third-order valence-corrected chi connectivity index (χ3v) is 5.26. The molecule has 1 saturated heterocycles. The summed E-state index contributed by atoms with van der Waals surface area (Å²) in [5, 5.41) is 21.1. The SMILES string of the molecule is CCOc1ccc(/C(O)=C2/C(=O)C(=O)N(CCN(C)C)C2c2cccc(O)c2)cc1C. The molecule has 164 valence electrons. The normalized spacial score (nSPS) is 18.1. The maximum Gasteiger partial charge on any atom is 0.295 e. The molecule has 3 rings (SSSR count). The van der Waals surface area contributed by atoms with Gasteiger partial charge in [0.1, 0.15) is 17.3 Å². The lowest BCUT2D eigenvalue weighted by Crippen LogP contribution is -2.35. The van der Waals surface area contributed by atoms with Gasteiger partial charge in [-0.2, -0.15) is 0 Å². The fraction of sp³-hybridized carbons (Fsp3) is 0.333. The topological polar surface area (TPSA) is 90.3 Å². The fourth-order valence-corrected chi connectivity index (χ4v) is 3.73. The Morgan fingerprint density at radius 3 is 2.52 bits per heavy atom. The Hall–Kier alpha value is -3.32. The van der Waals surface area contributed by atoms with Crippen molar-refractivity contribution in [2.45, 2.75) is 19.9 Å². The molecule has 1 atom stereocenters. The van der Waals surface area contributed by atoms with Crippen LogP contribution in [0.5, 0.6) is 11.5 Å². The number of rotatable bonds is 7. The number of benzene rings is 2. The molecule has 0 bridgehead atoms. The van der Waals surface area contributed by atoms with E-state index in [0.29, 0.717) is 36.6 Å². The number of likely N-dealkylation sites (N-methyl/N-ethyl adjacent to an activating group) is 1. The lowest BCUT2D eigenvalue weighted by atomic mass is 9.94. The van der Waals surface area contributed by atoms with Crippen LogP contribution in [0.4, 0.5) is 0 Å². The van der Waals surface area contributed by atoms with E-state index in [1.54, 1.807) is 30.3 Å². The highest BCUT2D eigenvalue weighted by Crippen LogP contribution is 2.40. The summed E-state index contributed by atoms with van der Waals surface area (Å²) in [4.78, 5) is 29.2. The quantitative estimate of drug-likeness (QED) is 0.403. The van der Waals surface area contributed by atoms with Gasteiger partial charge < -0.3 is 24.7 Å². The van der Waals surface area contributed by atoms with Gasteiger partial charge >= 0.3 is 0 Å². The molecule has 1 amide bonds. The third kappa shape index (κ3) is 4.56. The summed E-state index contributed by atoms with van der Waals surface area (Å²) in [6, 6.07) is 10.8. The maximum atomic E-state index is 13.0. The standard InChI is InChI=1S/C24H28N2O5/c1-5-31-19-10-9-17(13-15(19)2)22(28)20-21(16-7-6-8-18(27)14-16)26(12-11-25(3)4)24(30)23(20)29/h6-10,13-14,21,27-28H,5,11-12H2,1-4H3/b22-20-. The second-order valence-electron chi connectivity index (χ2n) is 7.80. The second-order valence-corrected chi connectivity index (χ2v) is 7.80. The number of ketones is 1.